The largest absolute Gasteiger partial charge is 0.497 e. The molecule has 0 bridgehead atoms. The van der Waals surface area contributed by atoms with Crippen molar-refractivity contribution in [3.8, 4) is 5.75 Å². The molecule has 5 nitrogen and oxygen atoms in total. The Morgan fingerprint density at radius 3 is 2.43 bits per heavy atom. The van der Waals surface area contributed by atoms with E-state index in [0.717, 1.165) is 23.3 Å². The van der Waals surface area contributed by atoms with Crippen molar-refractivity contribution < 1.29 is 23.2 Å². The second-order valence-electron chi connectivity index (χ2n) is 7.05. The molecule has 1 heterocycles. The van der Waals surface area contributed by atoms with Gasteiger partial charge in [0.05, 0.1) is 48.5 Å². The fraction of sp³-hybridized carbons (Fsp3) is 0.409. The standard InChI is InChI=1S/C22H26O5S/c1-16-3-11-21(12-4-16)28(24)15-20-8-5-17(13-26-20)14-27-22(23)18-6-9-19(25-2)10-7-18/h3-4,6-7,9-12,17,20H,5,8,13-15H2,1-2H3/t17-,20-,28+/m0/s1. The van der Waals surface area contributed by atoms with Crippen LogP contribution in [0.25, 0.3) is 0 Å². The van der Waals surface area contributed by atoms with Gasteiger partial charge in [0, 0.05) is 10.8 Å². The Labute approximate surface area is 168 Å². The molecule has 0 saturated carbocycles. The van der Waals surface area contributed by atoms with Gasteiger partial charge in [0.1, 0.15) is 5.75 Å². The molecule has 2 aromatic rings. The molecular weight excluding hydrogens is 376 g/mol. The Morgan fingerprint density at radius 2 is 1.82 bits per heavy atom. The van der Waals surface area contributed by atoms with E-state index in [0.29, 0.717) is 30.3 Å². The topological polar surface area (TPSA) is 61.8 Å². The summed E-state index contributed by atoms with van der Waals surface area (Å²) in [6, 6.07) is 14.6. The van der Waals surface area contributed by atoms with E-state index in [-0.39, 0.29) is 18.0 Å². The molecule has 0 spiro atoms. The van der Waals surface area contributed by atoms with E-state index in [1.165, 1.54) is 0 Å². The van der Waals surface area contributed by atoms with Crippen LogP contribution in [0.15, 0.2) is 53.4 Å². The first-order valence-corrected chi connectivity index (χ1v) is 10.7. The van der Waals surface area contributed by atoms with Gasteiger partial charge in [-0.15, -0.1) is 0 Å². The van der Waals surface area contributed by atoms with E-state index < -0.39 is 10.8 Å². The number of hydrogen-bond acceptors (Lipinski definition) is 5. The minimum absolute atomic E-state index is 0.0179. The summed E-state index contributed by atoms with van der Waals surface area (Å²) in [7, 11) is 0.523. The molecule has 1 aliphatic heterocycles. The SMILES string of the molecule is COc1ccc(C(=O)OC[C@H]2CC[C@@H](C[S@@](=O)c3ccc(C)cc3)OC2)cc1. The molecule has 6 heteroatoms. The highest BCUT2D eigenvalue weighted by Crippen LogP contribution is 2.22. The third kappa shape index (κ3) is 5.66. The average molecular weight is 403 g/mol. The van der Waals surface area contributed by atoms with Crippen molar-refractivity contribution >= 4 is 16.8 Å². The van der Waals surface area contributed by atoms with Crippen molar-refractivity contribution in [1.82, 2.24) is 0 Å². The molecular formula is C22H26O5S. The highest BCUT2D eigenvalue weighted by atomic mass is 32.2. The van der Waals surface area contributed by atoms with Crippen LogP contribution in [0.1, 0.15) is 28.8 Å². The van der Waals surface area contributed by atoms with E-state index in [1.54, 1.807) is 31.4 Å². The molecule has 28 heavy (non-hydrogen) atoms. The van der Waals surface area contributed by atoms with Gasteiger partial charge >= 0.3 is 5.97 Å². The Morgan fingerprint density at radius 1 is 1.11 bits per heavy atom. The summed E-state index contributed by atoms with van der Waals surface area (Å²) in [5.74, 6) is 1.03. The van der Waals surface area contributed by atoms with Gasteiger partial charge in [0.15, 0.2) is 0 Å². The maximum absolute atomic E-state index is 12.5. The highest BCUT2D eigenvalue weighted by molar-refractivity contribution is 7.85. The number of aryl methyl sites for hydroxylation is 1. The maximum atomic E-state index is 12.5. The lowest BCUT2D eigenvalue weighted by atomic mass is 10.00. The predicted molar refractivity (Wildman–Crippen MR) is 108 cm³/mol. The number of ether oxygens (including phenoxy) is 3. The van der Waals surface area contributed by atoms with Crippen LogP contribution in [0, 0.1) is 12.8 Å². The molecule has 2 aromatic carbocycles. The van der Waals surface area contributed by atoms with Crippen molar-refractivity contribution in [2.45, 2.75) is 30.8 Å². The van der Waals surface area contributed by atoms with Gasteiger partial charge in [-0.1, -0.05) is 17.7 Å². The molecule has 0 radical (unpaired) electrons. The summed E-state index contributed by atoms with van der Waals surface area (Å²) in [6.07, 6.45) is 1.70. The van der Waals surface area contributed by atoms with E-state index in [2.05, 4.69) is 0 Å². The lowest BCUT2D eigenvalue weighted by molar-refractivity contribution is -0.0256. The van der Waals surface area contributed by atoms with Crippen LogP contribution >= 0.6 is 0 Å². The molecule has 1 aliphatic rings. The molecule has 1 fully saturated rings. The lowest BCUT2D eigenvalue weighted by Gasteiger charge is -2.28. The summed E-state index contributed by atoms with van der Waals surface area (Å²) in [5.41, 5.74) is 1.66. The number of methoxy groups -OCH3 is 1. The summed E-state index contributed by atoms with van der Waals surface area (Å²) in [6.45, 7) is 2.86. The number of carbonyl (C=O) groups is 1. The van der Waals surface area contributed by atoms with E-state index in [4.69, 9.17) is 14.2 Å². The second kappa shape index (κ2) is 9.85. The predicted octanol–water partition coefficient (Wildman–Crippen LogP) is 3.76. The lowest BCUT2D eigenvalue weighted by Crippen LogP contribution is -2.32. The van der Waals surface area contributed by atoms with Crippen LogP contribution in [-0.2, 0) is 20.3 Å². The van der Waals surface area contributed by atoms with Crippen molar-refractivity contribution in [3.05, 3.63) is 59.7 Å². The molecule has 0 aromatic heterocycles. The summed E-state index contributed by atoms with van der Waals surface area (Å²) in [5, 5.41) is 0. The molecule has 0 N–H and O–H groups in total. The Bertz CT molecular complexity index is 793. The van der Waals surface area contributed by atoms with Gasteiger partial charge in [-0.25, -0.2) is 4.79 Å². The number of esters is 1. The van der Waals surface area contributed by atoms with Crippen LogP contribution < -0.4 is 4.74 Å². The number of hydrogen-bond donors (Lipinski definition) is 0. The van der Waals surface area contributed by atoms with Crippen LogP contribution in [0.3, 0.4) is 0 Å². The normalized spacial score (nSPS) is 20.4. The zero-order valence-electron chi connectivity index (χ0n) is 16.3. The van der Waals surface area contributed by atoms with Gasteiger partial charge in [0.25, 0.3) is 0 Å². The molecule has 150 valence electrons. The second-order valence-corrected chi connectivity index (χ2v) is 8.55. The van der Waals surface area contributed by atoms with E-state index in [9.17, 15) is 9.00 Å². The van der Waals surface area contributed by atoms with Crippen molar-refractivity contribution in [2.24, 2.45) is 5.92 Å². The minimum Gasteiger partial charge on any atom is -0.497 e. The first-order chi connectivity index (χ1) is 13.5. The fourth-order valence-electron chi connectivity index (χ4n) is 3.08. The number of carbonyl (C=O) groups excluding carboxylic acids is 1. The summed E-state index contributed by atoms with van der Waals surface area (Å²) >= 11 is 0. The van der Waals surface area contributed by atoms with Crippen molar-refractivity contribution in [1.29, 1.82) is 0 Å². The van der Waals surface area contributed by atoms with Gasteiger partial charge < -0.3 is 14.2 Å². The molecule has 0 aliphatic carbocycles. The zero-order chi connectivity index (χ0) is 19.9. The quantitative estimate of drug-likeness (QED) is 0.660. The number of benzene rings is 2. The molecule has 3 rings (SSSR count). The first-order valence-electron chi connectivity index (χ1n) is 9.43. The van der Waals surface area contributed by atoms with Crippen LogP contribution in [0.5, 0.6) is 5.75 Å². The third-order valence-corrected chi connectivity index (χ3v) is 6.33. The van der Waals surface area contributed by atoms with Crippen LogP contribution in [0.4, 0.5) is 0 Å². The van der Waals surface area contributed by atoms with Gasteiger partial charge in [0.2, 0.25) is 0 Å². The Kier molecular flexibility index (Phi) is 7.23. The smallest absolute Gasteiger partial charge is 0.338 e. The molecule has 0 amide bonds. The van der Waals surface area contributed by atoms with Crippen LogP contribution in [0.2, 0.25) is 0 Å². The zero-order valence-corrected chi connectivity index (χ0v) is 17.1. The summed E-state index contributed by atoms with van der Waals surface area (Å²) in [4.78, 5) is 13.0. The van der Waals surface area contributed by atoms with E-state index >= 15 is 0 Å². The molecule has 0 unspecified atom stereocenters. The minimum atomic E-state index is -1.06. The first kappa shape index (κ1) is 20.6. The summed E-state index contributed by atoms with van der Waals surface area (Å²) < 4.78 is 28.9. The molecule has 1 saturated heterocycles. The van der Waals surface area contributed by atoms with Crippen molar-refractivity contribution in [3.63, 3.8) is 0 Å². The maximum Gasteiger partial charge on any atom is 0.338 e. The highest BCUT2D eigenvalue weighted by Gasteiger charge is 2.25. The average Bonchev–Trinajstić information content (AvgIpc) is 2.73. The molecule has 3 atom stereocenters. The van der Waals surface area contributed by atoms with Gasteiger partial charge in [-0.3, -0.25) is 4.21 Å². The Hall–Kier alpha value is -2.18. The van der Waals surface area contributed by atoms with E-state index in [1.807, 2.05) is 31.2 Å². The fourth-order valence-corrected chi connectivity index (χ4v) is 4.32. The number of rotatable bonds is 7. The van der Waals surface area contributed by atoms with Crippen molar-refractivity contribution in [2.75, 3.05) is 26.1 Å². The van der Waals surface area contributed by atoms with Gasteiger partial charge in [-0.05, 0) is 56.2 Å². The van der Waals surface area contributed by atoms with Crippen LogP contribution in [-0.4, -0.2) is 42.4 Å². The monoisotopic (exact) mass is 402 g/mol. The third-order valence-electron chi connectivity index (χ3n) is 4.86. The Balaban J connectivity index is 1.40. The van der Waals surface area contributed by atoms with Gasteiger partial charge in [-0.2, -0.15) is 0 Å².